The molecule has 2 aliphatic rings. The second kappa shape index (κ2) is 5.92. The molecule has 1 fully saturated rings. The summed E-state index contributed by atoms with van der Waals surface area (Å²) in [6, 6.07) is 2.08. The van der Waals surface area contributed by atoms with Crippen molar-refractivity contribution in [2.24, 2.45) is 16.8 Å². The second-order valence-corrected chi connectivity index (χ2v) is 6.14. The lowest BCUT2D eigenvalue weighted by molar-refractivity contribution is 0.318. The topological polar surface area (TPSA) is 74.7 Å². The number of nitrogens with two attached hydrogens (primary N) is 1. The van der Waals surface area contributed by atoms with Crippen LogP contribution in [-0.4, -0.2) is 29.1 Å². The van der Waals surface area contributed by atoms with Crippen molar-refractivity contribution in [3.63, 3.8) is 0 Å². The molecule has 0 aromatic carbocycles. The van der Waals surface area contributed by atoms with E-state index in [1.165, 1.54) is 30.5 Å². The van der Waals surface area contributed by atoms with Crippen LogP contribution in [0.15, 0.2) is 11.2 Å². The fraction of sp³-hybridized carbons (Fsp3) is 0.625. The third-order valence-electron chi connectivity index (χ3n) is 4.91. The molecule has 1 aromatic rings. The molecule has 1 aliphatic carbocycles. The van der Waals surface area contributed by atoms with Crippen molar-refractivity contribution in [3.05, 3.63) is 22.9 Å². The van der Waals surface area contributed by atoms with E-state index >= 15 is 0 Å². The van der Waals surface area contributed by atoms with E-state index in [2.05, 4.69) is 23.0 Å². The molecule has 3 rings (SSSR count). The van der Waals surface area contributed by atoms with Crippen molar-refractivity contribution in [2.75, 3.05) is 18.0 Å². The molecule has 0 amide bonds. The second-order valence-electron chi connectivity index (χ2n) is 6.14. The maximum absolute atomic E-state index is 9.06. The summed E-state index contributed by atoms with van der Waals surface area (Å²) in [6.45, 7) is 4.28. The third-order valence-corrected chi connectivity index (χ3v) is 4.91. The number of nitrogens with zero attached hydrogens (tertiary/aromatic N) is 3. The standard InChI is InChI=1S/C16H24N4O/c1-2-11-6-8-20(9-7-11)16-13(15(17)19-21)10-12-4-3-5-14(12)18-16/h10-11,21H,2-9H2,1H3,(H2,17,19). The lowest BCUT2D eigenvalue weighted by Gasteiger charge is -2.33. The summed E-state index contributed by atoms with van der Waals surface area (Å²) >= 11 is 0. The van der Waals surface area contributed by atoms with E-state index in [0.29, 0.717) is 0 Å². The van der Waals surface area contributed by atoms with Gasteiger partial charge >= 0.3 is 0 Å². The van der Waals surface area contributed by atoms with E-state index in [-0.39, 0.29) is 5.84 Å². The third kappa shape index (κ3) is 2.69. The highest BCUT2D eigenvalue weighted by molar-refractivity contribution is 6.01. The first-order chi connectivity index (χ1) is 10.2. The van der Waals surface area contributed by atoms with Crippen molar-refractivity contribution < 1.29 is 5.21 Å². The molecule has 2 heterocycles. The zero-order chi connectivity index (χ0) is 14.8. The summed E-state index contributed by atoms with van der Waals surface area (Å²) in [6.07, 6.45) is 6.89. The van der Waals surface area contributed by atoms with Crippen LogP contribution in [0.1, 0.15) is 49.4 Å². The maximum Gasteiger partial charge on any atom is 0.173 e. The first kappa shape index (κ1) is 14.2. The quantitative estimate of drug-likeness (QED) is 0.387. The molecule has 0 saturated carbocycles. The average Bonchev–Trinajstić information content (AvgIpc) is 3.00. The Hall–Kier alpha value is -1.78. The molecule has 21 heavy (non-hydrogen) atoms. The van der Waals surface area contributed by atoms with Gasteiger partial charge in [-0.15, -0.1) is 0 Å². The van der Waals surface area contributed by atoms with Crippen LogP contribution in [0.4, 0.5) is 5.82 Å². The summed E-state index contributed by atoms with van der Waals surface area (Å²) < 4.78 is 0. The molecular weight excluding hydrogens is 264 g/mol. The highest BCUT2D eigenvalue weighted by Gasteiger charge is 2.25. The van der Waals surface area contributed by atoms with Crippen LogP contribution in [0.3, 0.4) is 0 Å². The molecule has 0 radical (unpaired) electrons. The number of amidine groups is 1. The Balaban J connectivity index is 1.93. The first-order valence-corrected chi connectivity index (χ1v) is 7.98. The first-order valence-electron chi connectivity index (χ1n) is 7.98. The molecule has 0 atom stereocenters. The largest absolute Gasteiger partial charge is 0.409 e. The van der Waals surface area contributed by atoms with Gasteiger partial charge < -0.3 is 15.8 Å². The van der Waals surface area contributed by atoms with Gasteiger partial charge in [0.15, 0.2) is 5.84 Å². The van der Waals surface area contributed by atoms with Gasteiger partial charge in [0.25, 0.3) is 0 Å². The highest BCUT2D eigenvalue weighted by Crippen LogP contribution is 2.30. The molecule has 3 N–H and O–H groups in total. The monoisotopic (exact) mass is 288 g/mol. The zero-order valence-corrected chi connectivity index (χ0v) is 12.7. The van der Waals surface area contributed by atoms with E-state index in [0.717, 1.165) is 49.7 Å². The highest BCUT2D eigenvalue weighted by atomic mass is 16.4. The van der Waals surface area contributed by atoms with Crippen LogP contribution in [0, 0.1) is 5.92 Å². The lowest BCUT2D eigenvalue weighted by atomic mass is 9.94. The molecule has 0 unspecified atom stereocenters. The Bertz CT molecular complexity index is 547. The van der Waals surface area contributed by atoms with Crippen molar-refractivity contribution >= 4 is 11.7 Å². The van der Waals surface area contributed by atoms with Gasteiger partial charge in [-0.2, -0.15) is 0 Å². The Morgan fingerprint density at radius 3 is 2.86 bits per heavy atom. The smallest absolute Gasteiger partial charge is 0.173 e. The SMILES string of the molecule is CCC1CCN(c2nc3c(cc2C(N)=NO)CCC3)CC1. The summed E-state index contributed by atoms with van der Waals surface area (Å²) in [5.74, 6) is 1.90. The number of hydrogen-bond donors (Lipinski definition) is 2. The number of hydrogen-bond acceptors (Lipinski definition) is 4. The van der Waals surface area contributed by atoms with E-state index < -0.39 is 0 Å². The van der Waals surface area contributed by atoms with E-state index in [1.807, 2.05) is 0 Å². The molecule has 1 aliphatic heterocycles. The van der Waals surface area contributed by atoms with Gasteiger partial charge in [0, 0.05) is 18.8 Å². The van der Waals surface area contributed by atoms with Gasteiger partial charge in [-0.05, 0) is 49.7 Å². The molecular formula is C16H24N4O. The van der Waals surface area contributed by atoms with Crippen LogP contribution in [0.2, 0.25) is 0 Å². The minimum Gasteiger partial charge on any atom is -0.409 e. The average molecular weight is 288 g/mol. The fourth-order valence-electron chi connectivity index (χ4n) is 3.50. The van der Waals surface area contributed by atoms with Crippen LogP contribution in [0.25, 0.3) is 0 Å². The number of aromatic nitrogens is 1. The number of pyridine rings is 1. The van der Waals surface area contributed by atoms with Crippen molar-refractivity contribution in [2.45, 2.75) is 45.4 Å². The van der Waals surface area contributed by atoms with Crippen molar-refractivity contribution in [1.29, 1.82) is 0 Å². The Kier molecular flexibility index (Phi) is 3.99. The summed E-state index contributed by atoms with van der Waals surface area (Å²) in [5, 5.41) is 12.3. The molecule has 0 spiro atoms. The van der Waals surface area contributed by atoms with Crippen molar-refractivity contribution in [3.8, 4) is 0 Å². The minimum absolute atomic E-state index is 0.171. The number of anilines is 1. The normalized spacial score (nSPS) is 19.9. The van der Waals surface area contributed by atoms with Crippen LogP contribution in [-0.2, 0) is 12.8 Å². The molecule has 5 nitrogen and oxygen atoms in total. The van der Waals surface area contributed by atoms with Crippen LogP contribution in [0.5, 0.6) is 0 Å². The Morgan fingerprint density at radius 2 is 2.19 bits per heavy atom. The predicted molar refractivity (Wildman–Crippen MR) is 84.0 cm³/mol. The molecule has 1 saturated heterocycles. The number of oxime groups is 1. The maximum atomic E-state index is 9.06. The number of piperidine rings is 1. The van der Waals surface area contributed by atoms with Gasteiger partial charge in [0.1, 0.15) is 5.82 Å². The molecule has 1 aromatic heterocycles. The number of fused-ring (bicyclic) bond motifs is 1. The van der Waals surface area contributed by atoms with Gasteiger partial charge in [-0.25, -0.2) is 4.98 Å². The zero-order valence-electron chi connectivity index (χ0n) is 12.7. The summed E-state index contributed by atoms with van der Waals surface area (Å²) in [4.78, 5) is 7.15. The van der Waals surface area contributed by atoms with E-state index in [9.17, 15) is 0 Å². The molecule has 114 valence electrons. The molecule has 0 bridgehead atoms. The lowest BCUT2D eigenvalue weighted by Crippen LogP contribution is -2.36. The number of rotatable bonds is 3. The van der Waals surface area contributed by atoms with E-state index in [1.54, 1.807) is 0 Å². The van der Waals surface area contributed by atoms with Gasteiger partial charge in [-0.3, -0.25) is 0 Å². The predicted octanol–water partition coefficient (Wildman–Crippen LogP) is 2.29. The van der Waals surface area contributed by atoms with Gasteiger partial charge in [0.05, 0.1) is 5.56 Å². The summed E-state index contributed by atoms with van der Waals surface area (Å²) in [7, 11) is 0. The fourth-order valence-corrected chi connectivity index (χ4v) is 3.50. The minimum atomic E-state index is 0.171. The van der Waals surface area contributed by atoms with E-state index in [4.69, 9.17) is 15.9 Å². The number of aryl methyl sites for hydroxylation is 2. The Labute approximate surface area is 125 Å². The van der Waals surface area contributed by atoms with Gasteiger partial charge in [0.2, 0.25) is 0 Å². The summed E-state index contributed by atoms with van der Waals surface area (Å²) in [5.41, 5.74) is 9.11. The Morgan fingerprint density at radius 1 is 1.43 bits per heavy atom. The molecule has 5 heteroatoms. The van der Waals surface area contributed by atoms with Crippen molar-refractivity contribution in [1.82, 2.24) is 4.98 Å². The van der Waals surface area contributed by atoms with Crippen LogP contribution < -0.4 is 10.6 Å². The van der Waals surface area contributed by atoms with Crippen LogP contribution >= 0.6 is 0 Å². The van der Waals surface area contributed by atoms with Gasteiger partial charge in [-0.1, -0.05) is 18.5 Å².